The second-order valence-corrected chi connectivity index (χ2v) is 3.42. The van der Waals surface area contributed by atoms with E-state index in [1.807, 2.05) is 0 Å². The van der Waals surface area contributed by atoms with Crippen LogP contribution in [0.25, 0.3) is 0 Å². The van der Waals surface area contributed by atoms with Crippen molar-refractivity contribution in [2.45, 2.75) is 31.8 Å². The van der Waals surface area contributed by atoms with Gasteiger partial charge in [-0.05, 0) is 32.9 Å². The van der Waals surface area contributed by atoms with Crippen molar-refractivity contribution in [3.05, 3.63) is 0 Å². The van der Waals surface area contributed by atoms with Gasteiger partial charge >= 0.3 is 0 Å². The van der Waals surface area contributed by atoms with Crippen molar-refractivity contribution in [1.29, 1.82) is 0 Å². The van der Waals surface area contributed by atoms with E-state index in [0.29, 0.717) is 0 Å². The summed E-state index contributed by atoms with van der Waals surface area (Å²) >= 11 is 0. The minimum Gasteiger partial charge on any atom is -0.389 e. The number of likely N-dealkylation sites (tertiary alicyclic amines) is 1. The van der Waals surface area contributed by atoms with Crippen LogP contribution >= 0.6 is 0 Å². The summed E-state index contributed by atoms with van der Waals surface area (Å²) in [5, 5.41) is 9.81. The van der Waals surface area contributed by atoms with Gasteiger partial charge in [-0.3, -0.25) is 0 Å². The van der Waals surface area contributed by atoms with Crippen LogP contribution in [0.4, 0.5) is 0 Å². The molecular formula is C8H17NO. The zero-order chi connectivity index (χ0) is 7.61. The van der Waals surface area contributed by atoms with Crippen LogP contribution in [-0.4, -0.2) is 35.7 Å². The lowest BCUT2D eigenvalue weighted by atomic mass is 9.91. The Balaban J connectivity index is 2.45. The van der Waals surface area contributed by atoms with Crippen LogP contribution in [-0.2, 0) is 0 Å². The molecular weight excluding hydrogens is 126 g/mol. The second kappa shape index (κ2) is 2.89. The van der Waals surface area contributed by atoms with E-state index in [9.17, 15) is 5.11 Å². The zero-order valence-corrected chi connectivity index (χ0v) is 6.93. The summed E-state index contributed by atoms with van der Waals surface area (Å²) in [4.78, 5) is 2.20. The molecule has 1 aliphatic rings. The highest BCUT2D eigenvalue weighted by molar-refractivity contribution is 4.84. The van der Waals surface area contributed by atoms with Gasteiger partial charge in [0.05, 0.1) is 5.60 Å². The number of piperidine rings is 1. The molecule has 0 aromatic rings. The fraction of sp³-hybridized carbons (Fsp3) is 1.00. The van der Waals surface area contributed by atoms with Crippen LogP contribution in [0.1, 0.15) is 26.2 Å². The van der Waals surface area contributed by atoms with Gasteiger partial charge in [-0.25, -0.2) is 0 Å². The van der Waals surface area contributed by atoms with Gasteiger partial charge in [0.1, 0.15) is 0 Å². The minimum absolute atomic E-state index is 0.382. The number of likely N-dealkylation sites (N-methyl/N-ethyl adjacent to an activating group) is 1. The topological polar surface area (TPSA) is 23.5 Å². The van der Waals surface area contributed by atoms with E-state index < -0.39 is 0 Å². The summed E-state index contributed by atoms with van der Waals surface area (Å²) in [6.45, 7) is 4.05. The molecule has 10 heavy (non-hydrogen) atoms. The molecule has 0 aromatic carbocycles. The van der Waals surface area contributed by atoms with Gasteiger partial charge in [0.25, 0.3) is 0 Å². The number of hydrogen-bond donors (Lipinski definition) is 1. The van der Waals surface area contributed by atoms with Crippen LogP contribution in [0.5, 0.6) is 0 Å². The highest BCUT2D eigenvalue weighted by atomic mass is 16.3. The monoisotopic (exact) mass is 143 g/mol. The number of β-amino-alcohol motifs (C(OH)–C–C–N with tert-alkyl or cyclic N) is 1. The lowest BCUT2D eigenvalue weighted by Crippen LogP contribution is -2.45. The van der Waals surface area contributed by atoms with Crippen molar-refractivity contribution in [3.8, 4) is 0 Å². The van der Waals surface area contributed by atoms with E-state index in [4.69, 9.17) is 0 Å². The molecule has 60 valence electrons. The van der Waals surface area contributed by atoms with E-state index in [1.165, 1.54) is 0 Å². The van der Waals surface area contributed by atoms with Crippen LogP contribution in [0.15, 0.2) is 0 Å². The smallest absolute Gasteiger partial charge is 0.0771 e. The highest BCUT2D eigenvalue weighted by Gasteiger charge is 2.29. The first kappa shape index (κ1) is 8.02. The highest BCUT2D eigenvalue weighted by Crippen LogP contribution is 2.22. The first-order chi connectivity index (χ1) is 4.66. The van der Waals surface area contributed by atoms with Crippen molar-refractivity contribution in [1.82, 2.24) is 4.90 Å². The van der Waals surface area contributed by atoms with E-state index in [-0.39, 0.29) is 5.60 Å². The van der Waals surface area contributed by atoms with Gasteiger partial charge in [-0.15, -0.1) is 0 Å². The minimum atomic E-state index is -0.382. The Morgan fingerprint density at radius 3 is 2.70 bits per heavy atom. The Kier molecular flexibility index (Phi) is 2.32. The molecule has 0 radical (unpaired) electrons. The van der Waals surface area contributed by atoms with Gasteiger partial charge in [-0.2, -0.15) is 0 Å². The molecule has 1 heterocycles. The van der Waals surface area contributed by atoms with Crippen molar-refractivity contribution < 1.29 is 5.11 Å². The predicted octanol–water partition coefficient (Wildman–Crippen LogP) is 0.853. The van der Waals surface area contributed by atoms with Crippen LogP contribution in [0.2, 0.25) is 0 Å². The number of aliphatic hydroxyl groups is 1. The summed E-state index contributed by atoms with van der Waals surface area (Å²) in [6.07, 6.45) is 3.01. The normalized spacial score (nSPS) is 36.3. The molecule has 0 aliphatic carbocycles. The average molecular weight is 143 g/mol. The van der Waals surface area contributed by atoms with E-state index in [1.54, 1.807) is 0 Å². The molecule has 0 saturated carbocycles. The van der Waals surface area contributed by atoms with E-state index in [0.717, 1.165) is 32.4 Å². The summed E-state index contributed by atoms with van der Waals surface area (Å²) in [5.74, 6) is 0. The lowest BCUT2D eigenvalue weighted by molar-refractivity contribution is -0.0256. The van der Waals surface area contributed by atoms with Crippen LogP contribution < -0.4 is 0 Å². The summed E-state index contributed by atoms with van der Waals surface area (Å²) in [6, 6.07) is 0. The van der Waals surface area contributed by atoms with Crippen molar-refractivity contribution in [2.24, 2.45) is 0 Å². The summed E-state index contributed by atoms with van der Waals surface area (Å²) in [7, 11) is 2.07. The molecule has 2 nitrogen and oxygen atoms in total. The Labute approximate surface area is 62.8 Å². The number of nitrogens with zero attached hydrogens (tertiary/aromatic N) is 1. The largest absolute Gasteiger partial charge is 0.389 e. The molecule has 1 aliphatic heterocycles. The maximum atomic E-state index is 9.81. The molecule has 0 spiro atoms. The quantitative estimate of drug-likeness (QED) is 0.588. The maximum absolute atomic E-state index is 9.81. The predicted molar refractivity (Wildman–Crippen MR) is 42.0 cm³/mol. The van der Waals surface area contributed by atoms with Gasteiger partial charge in [-0.1, -0.05) is 6.92 Å². The van der Waals surface area contributed by atoms with Crippen LogP contribution in [0.3, 0.4) is 0 Å². The molecule has 0 unspecified atom stereocenters. The standard InChI is InChI=1S/C8H17NO/c1-3-8(10)5-4-6-9(2)7-8/h10H,3-7H2,1-2H3/t8-/m0/s1. The SMILES string of the molecule is CC[C@]1(O)CCCN(C)C1. The molecule has 1 rings (SSSR count). The Bertz CT molecular complexity index is 116. The van der Waals surface area contributed by atoms with Crippen molar-refractivity contribution in [3.63, 3.8) is 0 Å². The third kappa shape index (κ3) is 1.70. The van der Waals surface area contributed by atoms with E-state index in [2.05, 4.69) is 18.9 Å². The van der Waals surface area contributed by atoms with Crippen LogP contribution in [0, 0.1) is 0 Å². The lowest BCUT2D eigenvalue weighted by Gasteiger charge is -2.36. The van der Waals surface area contributed by atoms with Gasteiger partial charge in [0, 0.05) is 6.54 Å². The third-order valence-electron chi connectivity index (χ3n) is 2.40. The third-order valence-corrected chi connectivity index (χ3v) is 2.40. The molecule has 1 atom stereocenters. The van der Waals surface area contributed by atoms with E-state index >= 15 is 0 Å². The second-order valence-electron chi connectivity index (χ2n) is 3.42. The average Bonchev–Trinajstić information content (AvgIpc) is 1.88. The molecule has 2 heteroatoms. The van der Waals surface area contributed by atoms with Crippen molar-refractivity contribution >= 4 is 0 Å². The Hall–Kier alpha value is -0.0800. The van der Waals surface area contributed by atoms with Gasteiger partial charge in [0.15, 0.2) is 0 Å². The summed E-state index contributed by atoms with van der Waals surface area (Å²) < 4.78 is 0. The summed E-state index contributed by atoms with van der Waals surface area (Å²) in [5.41, 5.74) is -0.382. The molecule has 0 amide bonds. The van der Waals surface area contributed by atoms with Gasteiger partial charge < -0.3 is 10.0 Å². The Morgan fingerprint density at radius 2 is 2.30 bits per heavy atom. The number of hydrogen-bond acceptors (Lipinski definition) is 2. The molecule has 0 bridgehead atoms. The maximum Gasteiger partial charge on any atom is 0.0771 e. The van der Waals surface area contributed by atoms with Gasteiger partial charge in [0.2, 0.25) is 0 Å². The first-order valence-corrected chi connectivity index (χ1v) is 4.07. The molecule has 1 N–H and O–H groups in total. The molecule has 0 aromatic heterocycles. The van der Waals surface area contributed by atoms with Crippen molar-refractivity contribution in [2.75, 3.05) is 20.1 Å². The fourth-order valence-electron chi connectivity index (χ4n) is 1.63. The first-order valence-electron chi connectivity index (χ1n) is 4.07. The zero-order valence-electron chi connectivity index (χ0n) is 6.93. The fourth-order valence-corrected chi connectivity index (χ4v) is 1.63. The molecule has 1 saturated heterocycles. The number of rotatable bonds is 1. The Morgan fingerprint density at radius 1 is 1.60 bits per heavy atom. The molecule has 1 fully saturated rings.